The highest BCUT2D eigenvalue weighted by Crippen LogP contribution is 2.42. The summed E-state index contributed by atoms with van der Waals surface area (Å²) in [6.07, 6.45) is -6.22. The predicted octanol–water partition coefficient (Wildman–Crippen LogP) is 4.33. The Morgan fingerprint density at radius 2 is 1.60 bits per heavy atom. The third kappa shape index (κ3) is 16.0. The Kier molecular flexibility index (Phi) is 22.6. The summed E-state index contributed by atoms with van der Waals surface area (Å²) < 4.78 is 63.4. The molecule has 2 aromatic rings. The van der Waals surface area contributed by atoms with E-state index in [0.29, 0.717) is 24.2 Å². The van der Waals surface area contributed by atoms with E-state index < -0.39 is 120 Å². The molecule has 1 aromatic carbocycles. The molecule has 1 aromatic heterocycles. The molecular formula is C59H93N3O19. The van der Waals surface area contributed by atoms with Crippen LogP contribution in [0.1, 0.15) is 138 Å². The second kappa shape index (κ2) is 27.7. The van der Waals surface area contributed by atoms with Crippen molar-refractivity contribution in [2.45, 2.75) is 217 Å². The minimum absolute atomic E-state index is 0.00715. The van der Waals surface area contributed by atoms with Gasteiger partial charge in [-0.3, -0.25) is 19.2 Å². The van der Waals surface area contributed by atoms with E-state index in [9.17, 15) is 44.4 Å². The summed E-state index contributed by atoms with van der Waals surface area (Å²) in [6.45, 7) is 18.8. The van der Waals surface area contributed by atoms with E-state index in [-0.39, 0.29) is 86.3 Å². The van der Waals surface area contributed by atoms with E-state index in [4.69, 9.17) is 47.4 Å². The molecule has 18 atom stereocenters. The number of nitrogens with zero attached hydrogens (tertiary/aromatic N) is 3. The van der Waals surface area contributed by atoms with E-state index in [1.54, 1.807) is 66.7 Å². The number of esters is 3. The molecule has 0 bridgehead atoms. The Hall–Kier alpha value is -4.17. The second-order valence-corrected chi connectivity index (χ2v) is 24.3. The zero-order valence-electron chi connectivity index (χ0n) is 50.3. The lowest BCUT2D eigenvalue weighted by Crippen LogP contribution is -2.61. The fourth-order valence-electron chi connectivity index (χ4n) is 12.1. The van der Waals surface area contributed by atoms with E-state index in [0.717, 1.165) is 12.8 Å². The number of cyclic esters (lactones) is 1. The zero-order chi connectivity index (χ0) is 60.1. The molecule has 81 heavy (non-hydrogen) atoms. The molecule has 4 heterocycles. The van der Waals surface area contributed by atoms with E-state index in [1.807, 2.05) is 49.4 Å². The molecule has 3 aliphatic heterocycles. The molecule has 3 saturated heterocycles. The number of benzene rings is 1. The van der Waals surface area contributed by atoms with Crippen LogP contribution in [0.15, 0.2) is 29.2 Å². The molecule has 22 heteroatoms. The number of pyridine rings is 1. The van der Waals surface area contributed by atoms with Gasteiger partial charge in [0.2, 0.25) is 5.43 Å². The first-order valence-corrected chi connectivity index (χ1v) is 28.7. The Morgan fingerprint density at radius 1 is 0.914 bits per heavy atom. The van der Waals surface area contributed by atoms with Crippen LogP contribution in [0.5, 0.6) is 5.75 Å². The number of rotatable bonds is 19. The molecule has 0 amide bonds. The van der Waals surface area contributed by atoms with Gasteiger partial charge in [-0.25, -0.2) is 4.79 Å². The summed E-state index contributed by atoms with van der Waals surface area (Å²) in [6, 6.07) is 4.23. The van der Waals surface area contributed by atoms with Crippen LogP contribution in [0, 0.1) is 17.8 Å². The number of carbonyl (C=O) groups excluding carboxylic acids is 4. The van der Waals surface area contributed by atoms with Crippen molar-refractivity contribution in [2.24, 2.45) is 17.8 Å². The van der Waals surface area contributed by atoms with Gasteiger partial charge in [0.1, 0.15) is 54.0 Å². The van der Waals surface area contributed by atoms with Crippen LogP contribution < -0.4 is 10.2 Å². The highest BCUT2D eigenvalue weighted by Gasteiger charge is 2.54. The number of ketones is 1. The maximum Gasteiger partial charge on any atom is 0.344 e. The van der Waals surface area contributed by atoms with Gasteiger partial charge in [0.15, 0.2) is 24.5 Å². The number of aliphatic hydroxyl groups is 4. The van der Waals surface area contributed by atoms with Gasteiger partial charge in [-0.1, -0.05) is 20.8 Å². The topological polar surface area (TPSA) is 270 Å². The normalized spacial score (nSPS) is 36.8. The van der Waals surface area contributed by atoms with Crippen LogP contribution in [-0.4, -0.2) is 210 Å². The number of ether oxygens (including phenoxy) is 10. The van der Waals surface area contributed by atoms with E-state index >= 15 is 0 Å². The lowest BCUT2D eigenvalue weighted by molar-refractivity contribution is -0.318. The SMILES string of the molecule is CC[C@H]1OC(=O)[C@H](C)[C@@H](O[C@H]2C[C@@](C)(OC)[C@@H](OC(=O)CCOCCOc3ccc4c(c3)c(=O)c(C(=O)OCC(C)=O)cn4C3CC3)[C@H](C)O2)[C@H](C)[C@@H](O[C@@H]2O[C@H](C)C[C@H](N(C)C)[C@H]2O)[C@](C)(O)C[C@@H](C)CN(C)[C@H](C)[C@@H](O)[C@]1(C)O. The Balaban J connectivity index is 1.16. The fourth-order valence-corrected chi connectivity index (χ4v) is 12.1. The highest BCUT2D eigenvalue weighted by molar-refractivity contribution is 5.95. The van der Waals surface area contributed by atoms with Crippen LogP contribution in [0.3, 0.4) is 0 Å². The minimum atomic E-state index is -1.88. The lowest BCUT2D eigenvalue weighted by atomic mass is 9.77. The lowest BCUT2D eigenvalue weighted by Gasteiger charge is -2.49. The Morgan fingerprint density at radius 3 is 2.23 bits per heavy atom. The van der Waals surface area contributed by atoms with Crippen molar-refractivity contribution in [1.29, 1.82) is 0 Å². The number of fused-ring (bicyclic) bond motifs is 1. The zero-order valence-corrected chi connectivity index (χ0v) is 50.3. The van der Waals surface area contributed by atoms with Gasteiger partial charge in [-0.05, 0) is 133 Å². The molecule has 1 aliphatic carbocycles. The molecule has 4 fully saturated rings. The van der Waals surface area contributed by atoms with Crippen LogP contribution in [-0.2, 0) is 57.0 Å². The third-order valence-corrected chi connectivity index (χ3v) is 16.9. The van der Waals surface area contributed by atoms with Crippen molar-refractivity contribution in [3.05, 3.63) is 40.2 Å². The number of hydrogen-bond acceptors (Lipinski definition) is 21. The molecule has 458 valence electrons. The van der Waals surface area contributed by atoms with Crippen LogP contribution in [0.25, 0.3) is 10.9 Å². The number of likely N-dealkylation sites (N-methyl/N-ethyl adjacent to an activating group) is 2. The van der Waals surface area contributed by atoms with Crippen LogP contribution in [0.2, 0.25) is 0 Å². The van der Waals surface area contributed by atoms with Crippen molar-refractivity contribution < 1.29 is 87.0 Å². The quantitative estimate of drug-likeness (QED) is 0.0866. The number of aliphatic hydroxyl groups excluding tert-OH is 2. The van der Waals surface area contributed by atoms with Gasteiger partial charge >= 0.3 is 17.9 Å². The van der Waals surface area contributed by atoms with Crippen LogP contribution in [0.4, 0.5) is 0 Å². The van der Waals surface area contributed by atoms with Crippen molar-refractivity contribution >= 4 is 34.6 Å². The highest BCUT2D eigenvalue weighted by atomic mass is 16.7. The van der Waals surface area contributed by atoms with Gasteiger partial charge in [-0.2, -0.15) is 0 Å². The maximum absolute atomic E-state index is 14.6. The molecule has 4 aliphatic rings. The molecular weight excluding hydrogens is 1050 g/mol. The monoisotopic (exact) mass is 1150 g/mol. The molecule has 0 spiro atoms. The summed E-state index contributed by atoms with van der Waals surface area (Å²) in [5.41, 5.74) is -4.80. The maximum atomic E-state index is 14.6. The molecule has 4 N–H and O–H groups in total. The fraction of sp³-hybridized carbons (Fsp3) is 0.780. The first-order chi connectivity index (χ1) is 37.9. The standard InChI is InChI=1S/C59H93N3O19/c1-16-45-59(11,71)51(67)37(7)61(14)29-32(2)27-57(9,70)52(81-56-49(66)44(60(12)13)25-34(4)76-56)35(5)50(36(6)54(68)78-45)80-47-28-58(10,72-15)53(38(8)77-47)79-46(64)21-22-73-23-24-74-40-19-20-43-41(26-40)48(65)42(30-62(43)39-17-18-39)55(69)75-31-33(3)63/h19-20,26,30,32,34-39,44-45,47,49-53,56,66-67,70-71H,16-18,21-25,27-29,31H2,1-15H3/t32-,34-,35+,36-,37-,38+,44+,45-,47+,49-,50+,51-,52-,53+,56+,57-,58-,59-/m1/s1. The third-order valence-electron chi connectivity index (χ3n) is 16.9. The first-order valence-electron chi connectivity index (χ1n) is 28.7. The number of methoxy groups -OCH3 is 1. The molecule has 1 saturated carbocycles. The average molecular weight is 1150 g/mol. The first kappa shape index (κ1) is 66.0. The van der Waals surface area contributed by atoms with E-state index in [1.165, 1.54) is 27.2 Å². The smallest absolute Gasteiger partial charge is 0.344 e. The summed E-state index contributed by atoms with van der Waals surface area (Å²) in [5, 5.41) is 48.4. The van der Waals surface area contributed by atoms with Gasteiger partial charge in [0.25, 0.3) is 0 Å². The molecule has 22 nitrogen and oxygen atoms in total. The van der Waals surface area contributed by atoms with Gasteiger partial charge in [-0.15, -0.1) is 0 Å². The summed E-state index contributed by atoms with van der Waals surface area (Å²) >= 11 is 0. The predicted molar refractivity (Wildman–Crippen MR) is 296 cm³/mol. The van der Waals surface area contributed by atoms with Crippen molar-refractivity contribution in [3.63, 3.8) is 0 Å². The van der Waals surface area contributed by atoms with Crippen molar-refractivity contribution in [1.82, 2.24) is 14.4 Å². The summed E-state index contributed by atoms with van der Waals surface area (Å²) in [7, 11) is 7.03. The van der Waals surface area contributed by atoms with Gasteiger partial charge in [0.05, 0.1) is 66.5 Å². The average Bonchev–Trinajstić information content (AvgIpc) is 4.45. The van der Waals surface area contributed by atoms with Crippen LogP contribution >= 0.6 is 0 Å². The Labute approximate surface area is 476 Å². The summed E-state index contributed by atoms with van der Waals surface area (Å²) in [4.78, 5) is 69.6. The number of Topliss-reactive ketones (excluding diaryl/α,β-unsaturated/α-hetero) is 1. The van der Waals surface area contributed by atoms with E-state index in [2.05, 4.69) is 0 Å². The number of hydrogen-bond donors (Lipinski definition) is 4. The minimum Gasteiger partial charge on any atom is -0.491 e. The number of carbonyl (C=O) groups is 4. The molecule has 6 rings (SSSR count). The van der Waals surface area contributed by atoms with Gasteiger partial charge in [0, 0.05) is 50.3 Å². The van der Waals surface area contributed by atoms with Gasteiger partial charge < -0.3 is 82.2 Å². The largest absolute Gasteiger partial charge is 0.491 e. The second-order valence-electron chi connectivity index (χ2n) is 24.3. The number of aromatic nitrogens is 1. The Bertz CT molecular complexity index is 2520. The molecule has 0 radical (unpaired) electrons. The van der Waals surface area contributed by atoms with Crippen molar-refractivity contribution in [3.8, 4) is 5.75 Å². The van der Waals surface area contributed by atoms with Crippen molar-refractivity contribution in [2.75, 3.05) is 61.2 Å². The summed E-state index contributed by atoms with van der Waals surface area (Å²) in [5.74, 6) is -4.39. The molecule has 0 unspecified atom stereocenters.